The Morgan fingerprint density at radius 1 is 1.06 bits per heavy atom. The van der Waals surface area contributed by atoms with Crippen LogP contribution in [-0.4, -0.2) is 53.8 Å². The maximum Gasteiger partial charge on any atom is 0.203 e. The Morgan fingerprint density at radius 3 is 2.58 bits per heavy atom. The van der Waals surface area contributed by atoms with Crippen LogP contribution in [0.2, 0.25) is 0 Å². The van der Waals surface area contributed by atoms with E-state index in [1.54, 1.807) is 21.8 Å². The second-order valence-corrected chi connectivity index (χ2v) is 8.30. The van der Waals surface area contributed by atoms with Crippen molar-refractivity contribution in [2.45, 2.75) is 25.4 Å². The summed E-state index contributed by atoms with van der Waals surface area (Å²) in [4.78, 5) is 23.7. The Balaban J connectivity index is 1.35. The number of piperidine rings is 1. The lowest BCUT2D eigenvalue weighted by atomic mass is 10.1. The van der Waals surface area contributed by atoms with E-state index in [0.29, 0.717) is 17.9 Å². The molecule has 33 heavy (non-hydrogen) atoms. The highest BCUT2D eigenvalue weighted by molar-refractivity contribution is 5.58. The molecule has 4 aromatic rings. The first kappa shape index (κ1) is 21.0. The molecule has 0 saturated carbocycles. The third-order valence-corrected chi connectivity index (χ3v) is 5.86. The summed E-state index contributed by atoms with van der Waals surface area (Å²) in [5.41, 5.74) is 3.96. The molecule has 0 bridgehead atoms. The summed E-state index contributed by atoms with van der Waals surface area (Å²) in [7, 11) is 1.84. The van der Waals surface area contributed by atoms with Crippen molar-refractivity contribution >= 4 is 5.69 Å². The molecule has 1 aliphatic heterocycles. The number of benzene rings is 1. The van der Waals surface area contributed by atoms with Crippen molar-refractivity contribution in [3.8, 4) is 17.1 Å². The number of anilines is 1. The quantitative estimate of drug-likeness (QED) is 0.503. The fourth-order valence-corrected chi connectivity index (χ4v) is 4.01. The molecule has 0 spiro atoms. The van der Waals surface area contributed by atoms with Crippen molar-refractivity contribution in [2.75, 3.05) is 18.0 Å². The van der Waals surface area contributed by atoms with Gasteiger partial charge in [0, 0.05) is 44.4 Å². The van der Waals surface area contributed by atoms with Gasteiger partial charge in [0.25, 0.3) is 0 Å². The number of nitrogens with zero attached hydrogens (tertiary/aromatic N) is 7. The van der Waals surface area contributed by atoms with Crippen LogP contribution in [-0.2, 0) is 13.5 Å². The Morgan fingerprint density at radius 2 is 1.85 bits per heavy atom. The Kier molecular flexibility index (Phi) is 5.70. The molecule has 9 heteroatoms. The van der Waals surface area contributed by atoms with Gasteiger partial charge in [0.1, 0.15) is 11.4 Å². The SMILES string of the molecule is Cn1cc(-n2ccc(=O)c(Cc3cccc(-c4ncc(N5CCC(O)CC5)cn4)c3)n2)cn1. The van der Waals surface area contributed by atoms with Crippen LogP contribution in [0.4, 0.5) is 5.69 Å². The minimum absolute atomic E-state index is 0.104. The molecule has 9 nitrogen and oxygen atoms in total. The summed E-state index contributed by atoms with van der Waals surface area (Å²) >= 11 is 0. The lowest BCUT2D eigenvalue weighted by Gasteiger charge is -2.30. The van der Waals surface area contributed by atoms with Gasteiger partial charge in [-0.3, -0.25) is 9.48 Å². The third-order valence-electron chi connectivity index (χ3n) is 5.86. The lowest BCUT2D eigenvalue weighted by molar-refractivity contribution is 0.145. The summed E-state index contributed by atoms with van der Waals surface area (Å²) in [6.45, 7) is 1.61. The molecule has 0 radical (unpaired) electrons. The minimum Gasteiger partial charge on any atom is -0.393 e. The molecule has 1 saturated heterocycles. The zero-order valence-electron chi connectivity index (χ0n) is 18.4. The molecule has 168 valence electrons. The molecule has 1 N–H and O–H groups in total. The summed E-state index contributed by atoms with van der Waals surface area (Å²) < 4.78 is 3.35. The van der Waals surface area contributed by atoms with Gasteiger partial charge < -0.3 is 10.0 Å². The Labute approximate surface area is 191 Å². The van der Waals surface area contributed by atoms with Gasteiger partial charge in [0.15, 0.2) is 5.82 Å². The number of aromatic nitrogens is 6. The molecule has 1 aliphatic rings. The van der Waals surface area contributed by atoms with E-state index >= 15 is 0 Å². The first-order valence-corrected chi connectivity index (χ1v) is 11.0. The maximum absolute atomic E-state index is 12.4. The maximum atomic E-state index is 12.4. The van der Waals surface area contributed by atoms with Crippen LogP contribution in [0.5, 0.6) is 0 Å². The molecule has 4 heterocycles. The number of aliphatic hydroxyl groups is 1. The van der Waals surface area contributed by atoms with Gasteiger partial charge in [0.05, 0.1) is 36.6 Å². The van der Waals surface area contributed by atoms with E-state index < -0.39 is 0 Å². The van der Waals surface area contributed by atoms with Gasteiger partial charge in [-0.2, -0.15) is 10.2 Å². The van der Waals surface area contributed by atoms with Crippen LogP contribution < -0.4 is 10.3 Å². The van der Waals surface area contributed by atoms with E-state index in [1.807, 2.05) is 49.9 Å². The van der Waals surface area contributed by atoms with Gasteiger partial charge in [-0.25, -0.2) is 14.6 Å². The van der Waals surface area contributed by atoms with Crippen LogP contribution in [0.1, 0.15) is 24.1 Å². The largest absolute Gasteiger partial charge is 0.393 e. The summed E-state index contributed by atoms with van der Waals surface area (Å²) in [6, 6.07) is 9.40. The molecular weight excluding hydrogens is 418 g/mol. The van der Waals surface area contributed by atoms with Crippen LogP contribution in [0.3, 0.4) is 0 Å². The van der Waals surface area contributed by atoms with Crippen LogP contribution in [0, 0.1) is 0 Å². The topological polar surface area (TPSA) is 102 Å². The van der Waals surface area contributed by atoms with E-state index in [9.17, 15) is 9.90 Å². The highest BCUT2D eigenvalue weighted by Gasteiger charge is 2.18. The molecule has 0 atom stereocenters. The van der Waals surface area contributed by atoms with Gasteiger partial charge in [-0.15, -0.1) is 0 Å². The third kappa shape index (κ3) is 4.68. The minimum atomic E-state index is -0.211. The predicted molar refractivity (Wildman–Crippen MR) is 124 cm³/mol. The average Bonchev–Trinajstić information content (AvgIpc) is 3.28. The predicted octanol–water partition coefficient (Wildman–Crippen LogP) is 1.97. The van der Waals surface area contributed by atoms with Crippen molar-refractivity contribution in [1.29, 1.82) is 0 Å². The summed E-state index contributed by atoms with van der Waals surface area (Å²) in [5.74, 6) is 0.631. The number of rotatable bonds is 5. The zero-order valence-corrected chi connectivity index (χ0v) is 18.4. The standard InChI is InChI=1S/C24H25N7O2/c1-29-16-20(15-27-29)31-10-7-23(33)22(28-31)12-17-3-2-4-18(11-17)24-25-13-19(14-26-24)30-8-5-21(32)6-9-30/h2-4,7,10-11,13-16,21,32H,5-6,8-9,12H2,1H3. The van der Waals surface area contributed by atoms with E-state index in [2.05, 4.69) is 25.1 Å². The average molecular weight is 444 g/mol. The van der Waals surface area contributed by atoms with E-state index in [4.69, 9.17) is 0 Å². The molecule has 0 aliphatic carbocycles. The van der Waals surface area contributed by atoms with Gasteiger partial charge in [0.2, 0.25) is 5.43 Å². The van der Waals surface area contributed by atoms with Crippen molar-refractivity contribution in [1.82, 2.24) is 29.5 Å². The van der Waals surface area contributed by atoms with Crippen LogP contribution in [0.25, 0.3) is 17.1 Å². The first-order valence-electron chi connectivity index (χ1n) is 11.0. The highest BCUT2D eigenvalue weighted by atomic mass is 16.3. The summed E-state index contributed by atoms with van der Waals surface area (Å²) in [6.07, 6.45) is 10.6. The Bertz CT molecular complexity index is 1300. The monoisotopic (exact) mass is 443 g/mol. The number of hydrogen-bond acceptors (Lipinski definition) is 7. The molecule has 5 rings (SSSR count). The molecule has 0 unspecified atom stereocenters. The number of aliphatic hydroxyl groups excluding tert-OH is 1. The zero-order chi connectivity index (χ0) is 22.8. The molecule has 1 fully saturated rings. The fourth-order valence-electron chi connectivity index (χ4n) is 4.01. The van der Waals surface area contributed by atoms with E-state index in [-0.39, 0.29) is 11.5 Å². The van der Waals surface area contributed by atoms with Crippen molar-refractivity contribution in [3.05, 3.63) is 82.8 Å². The van der Waals surface area contributed by atoms with Gasteiger partial charge >= 0.3 is 0 Å². The van der Waals surface area contributed by atoms with Crippen molar-refractivity contribution in [3.63, 3.8) is 0 Å². The fraction of sp³-hybridized carbons (Fsp3) is 0.292. The molecule has 0 amide bonds. The van der Waals surface area contributed by atoms with Crippen LogP contribution in [0.15, 0.2) is 66.1 Å². The molecular formula is C24H25N7O2. The smallest absolute Gasteiger partial charge is 0.203 e. The second kappa shape index (κ2) is 8.95. The normalized spacial score (nSPS) is 14.5. The second-order valence-electron chi connectivity index (χ2n) is 8.30. The highest BCUT2D eigenvalue weighted by Crippen LogP contribution is 2.22. The van der Waals surface area contributed by atoms with E-state index in [1.165, 1.54) is 6.07 Å². The van der Waals surface area contributed by atoms with Crippen molar-refractivity contribution in [2.24, 2.45) is 7.05 Å². The van der Waals surface area contributed by atoms with Crippen LogP contribution >= 0.6 is 0 Å². The molecule has 1 aromatic carbocycles. The summed E-state index contributed by atoms with van der Waals surface area (Å²) in [5, 5.41) is 18.4. The number of aryl methyl sites for hydroxylation is 1. The van der Waals surface area contributed by atoms with Crippen molar-refractivity contribution < 1.29 is 5.11 Å². The van der Waals surface area contributed by atoms with Gasteiger partial charge in [-0.05, 0) is 24.5 Å². The Hall–Kier alpha value is -3.85. The lowest BCUT2D eigenvalue weighted by Crippen LogP contribution is -2.35. The number of hydrogen-bond donors (Lipinski definition) is 1. The molecule has 3 aromatic heterocycles. The van der Waals surface area contributed by atoms with Gasteiger partial charge in [-0.1, -0.05) is 18.2 Å². The van der Waals surface area contributed by atoms with E-state index in [0.717, 1.165) is 48.4 Å². The first-order chi connectivity index (χ1) is 16.0.